The molecule has 2 atom stereocenters. The standard InChI is InChI=1S/C28H33N3O3/c1-20(9-10-21-7-5-4-6-8-21)29-18-22-11-14-24(15-12-22)34-19-27(32)23-13-16-25-26(17-23)31(3)28(33)30(25)2/h4-8,11-17,20,27,29,32H,9-10,18-19H2,1-3H3/t20-,27-/m0/s1. The molecule has 6 nitrogen and oxygen atoms in total. The Bertz CT molecular complexity index is 1280. The minimum atomic E-state index is -0.786. The number of aromatic nitrogens is 2. The van der Waals surface area contributed by atoms with E-state index in [9.17, 15) is 9.90 Å². The Labute approximate surface area is 200 Å². The smallest absolute Gasteiger partial charge is 0.328 e. The van der Waals surface area contributed by atoms with Crippen molar-refractivity contribution >= 4 is 11.0 Å². The number of imidazole rings is 1. The maximum atomic E-state index is 12.1. The molecule has 4 rings (SSSR count). The highest BCUT2D eigenvalue weighted by atomic mass is 16.5. The van der Waals surface area contributed by atoms with Gasteiger partial charge in [0.05, 0.1) is 11.0 Å². The van der Waals surface area contributed by atoms with Crippen LogP contribution in [0.1, 0.15) is 36.1 Å². The van der Waals surface area contributed by atoms with Gasteiger partial charge >= 0.3 is 5.69 Å². The number of nitrogens with zero attached hydrogens (tertiary/aromatic N) is 2. The molecule has 6 heteroatoms. The molecule has 34 heavy (non-hydrogen) atoms. The molecule has 0 bridgehead atoms. The Balaban J connectivity index is 1.26. The number of nitrogens with one attached hydrogen (secondary N) is 1. The molecule has 0 unspecified atom stereocenters. The SMILES string of the molecule is C[C@@H](CCc1ccccc1)NCc1ccc(OC[C@H](O)c2ccc3c(c2)n(C)c(=O)n3C)cc1. The van der Waals surface area contributed by atoms with Crippen LogP contribution in [0.25, 0.3) is 11.0 Å². The van der Waals surface area contributed by atoms with E-state index in [1.165, 1.54) is 11.1 Å². The Morgan fingerprint density at radius 3 is 2.35 bits per heavy atom. The first-order valence-corrected chi connectivity index (χ1v) is 11.7. The number of benzene rings is 3. The van der Waals surface area contributed by atoms with Gasteiger partial charge in [0, 0.05) is 26.7 Å². The fraction of sp³-hybridized carbons (Fsp3) is 0.321. The lowest BCUT2D eigenvalue weighted by atomic mass is 10.1. The first kappa shape index (κ1) is 23.8. The third kappa shape index (κ3) is 5.58. The average molecular weight is 460 g/mol. The first-order chi connectivity index (χ1) is 16.4. The number of rotatable bonds is 10. The predicted octanol–water partition coefficient (Wildman–Crippen LogP) is 4.10. The zero-order valence-corrected chi connectivity index (χ0v) is 20.1. The molecule has 2 N–H and O–H groups in total. The van der Waals surface area contributed by atoms with E-state index in [1.54, 1.807) is 23.2 Å². The van der Waals surface area contributed by atoms with Crippen molar-refractivity contribution < 1.29 is 9.84 Å². The van der Waals surface area contributed by atoms with Gasteiger partial charge in [-0.25, -0.2) is 4.79 Å². The zero-order chi connectivity index (χ0) is 24.1. The molecule has 0 spiro atoms. The summed E-state index contributed by atoms with van der Waals surface area (Å²) in [6, 6.07) is 24.5. The van der Waals surface area contributed by atoms with Crippen LogP contribution in [0.2, 0.25) is 0 Å². The van der Waals surface area contributed by atoms with Crippen LogP contribution < -0.4 is 15.7 Å². The molecule has 0 amide bonds. The largest absolute Gasteiger partial charge is 0.491 e. The molecule has 1 heterocycles. The summed E-state index contributed by atoms with van der Waals surface area (Å²) in [4.78, 5) is 12.1. The maximum Gasteiger partial charge on any atom is 0.328 e. The highest BCUT2D eigenvalue weighted by Gasteiger charge is 2.13. The van der Waals surface area contributed by atoms with Crippen molar-refractivity contribution in [2.75, 3.05) is 6.61 Å². The lowest BCUT2D eigenvalue weighted by Gasteiger charge is -2.15. The lowest BCUT2D eigenvalue weighted by molar-refractivity contribution is 0.108. The minimum Gasteiger partial charge on any atom is -0.491 e. The van der Waals surface area contributed by atoms with Crippen molar-refractivity contribution in [1.29, 1.82) is 0 Å². The van der Waals surface area contributed by atoms with E-state index in [0.29, 0.717) is 11.8 Å². The molecule has 0 aliphatic heterocycles. The van der Waals surface area contributed by atoms with Gasteiger partial charge in [-0.3, -0.25) is 9.13 Å². The van der Waals surface area contributed by atoms with E-state index < -0.39 is 6.10 Å². The third-order valence-corrected chi connectivity index (χ3v) is 6.38. The minimum absolute atomic E-state index is 0.0851. The topological polar surface area (TPSA) is 68.4 Å². The maximum absolute atomic E-state index is 12.1. The number of ether oxygens (including phenoxy) is 1. The van der Waals surface area contributed by atoms with Crippen molar-refractivity contribution in [1.82, 2.24) is 14.5 Å². The van der Waals surface area contributed by atoms with Gasteiger partial charge in [-0.05, 0) is 60.7 Å². The van der Waals surface area contributed by atoms with Crippen molar-refractivity contribution in [2.24, 2.45) is 14.1 Å². The first-order valence-electron chi connectivity index (χ1n) is 11.7. The number of aliphatic hydroxyl groups excluding tert-OH is 1. The highest BCUT2D eigenvalue weighted by Crippen LogP contribution is 2.21. The highest BCUT2D eigenvalue weighted by molar-refractivity contribution is 5.77. The Hall–Kier alpha value is -3.35. The lowest BCUT2D eigenvalue weighted by Crippen LogP contribution is -2.25. The number of aryl methyl sites for hydroxylation is 3. The van der Waals surface area contributed by atoms with E-state index in [1.807, 2.05) is 48.5 Å². The van der Waals surface area contributed by atoms with E-state index in [-0.39, 0.29) is 12.3 Å². The normalized spacial score (nSPS) is 13.2. The molecular formula is C28H33N3O3. The van der Waals surface area contributed by atoms with Gasteiger partial charge in [-0.1, -0.05) is 48.5 Å². The molecule has 0 radical (unpaired) electrons. The molecule has 1 aromatic heterocycles. The quantitative estimate of drug-likeness (QED) is 0.375. The van der Waals surface area contributed by atoms with Crippen LogP contribution in [0.5, 0.6) is 5.75 Å². The van der Waals surface area contributed by atoms with Gasteiger partial charge < -0.3 is 15.2 Å². The zero-order valence-electron chi connectivity index (χ0n) is 20.1. The molecule has 0 aliphatic rings. The summed E-state index contributed by atoms with van der Waals surface area (Å²) >= 11 is 0. The van der Waals surface area contributed by atoms with Crippen molar-refractivity contribution in [3.8, 4) is 5.75 Å². The molecule has 0 fully saturated rings. The van der Waals surface area contributed by atoms with E-state index in [4.69, 9.17) is 4.74 Å². The van der Waals surface area contributed by atoms with Crippen LogP contribution in [0.15, 0.2) is 77.6 Å². The summed E-state index contributed by atoms with van der Waals surface area (Å²) in [5.41, 5.74) is 4.82. The van der Waals surface area contributed by atoms with Crippen LogP contribution in [0, 0.1) is 0 Å². The van der Waals surface area contributed by atoms with Crippen LogP contribution >= 0.6 is 0 Å². The molecule has 4 aromatic rings. The van der Waals surface area contributed by atoms with Crippen molar-refractivity contribution in [2.45, 2.75) is 38.5 Å². The van der Waals surface area contributed by atoms with Crippen LogP contribution in [-0.4, -0.2) is 26.9 Å². The second kappa shape index (κ2) is 10.7. The van der Waals surface area contributed by atoms with Gasteiger partial charge in [0.2, 0.25) is 0 Å². The van der Waals surface area contributed by atoms with Gasteiger partial charge in [-0.15, -0.1) is 0 Å². The van der Waals surface area contributed by atoms with Gasteiger partial charge in [0.1, 0.15) is 18.5 Å². The molecule has 178 valence electrons. The van der Waals surface area contributed by atoms with Crippen molar-refractivity contribution in [3.63, 3.8) is 0 Å². The fourth-order valence-electron chi connectivity index (χ4n) is 4.13. The Morgan fingerprint density at radius 2 is 1.62 bits per heavy atom. The molecule has 0 aliphatic carbocycles. The second-order valence-electron chi connectivity index (χ2n) is 8.93. The summed E-state index contributed by atoms with van der Waals surface area (Å²) in [6.07, 6.45) is 1.37. The van der Waals surface area contributed by atoms with Gasteiger partial charge in [0.25, 0.3) is 0 Å². The van der Waals surface area contributed by atoms with E-state index in [0.717, 1.165) is 36.0 Å². The number of fused-ring (bicyclic) bond motifs is 1. The van der Waals surface area contributed by atoms with Crippen LogP contribution in [0.4, 0.5) is 0 Å². The van der Waals surface area contributed by atoms with Crippen LogP contribution in [-0.2, 0) is 27.1 Å². The molecule has 0 saturated carbocycles. The number of hydrogen-bond donors (Lipinski definition) is 2. The van der Waals surface area contributed by atoms with Crippen LogP contribution in [0.3, 0.4) is 0 Å². The number of aliphatic hydroxyl groups is 1. The molecule has 0 saturated heterocycles. The Morgan fingerprint density at radius 1 is 0.912 bits per heavy atom. The van der Waals surface area contributed by atoms with Gasteiger partial charge in [0.15, 0.2) is 0 Å². The fourth-order valence-corrected chi connectivity index (χ4v) is 4.13. The Kier molecular flexibility index (Phi) is 7.50. The third-order valence-electron chi connectivity index (χ3n) is 6.38. The second-order valence-corrected chi connectivity index (χ2v) is 8.93. The molecular weight excluding hydrogens is 426 g/mol. The number of hydrogen-bond acceptors (Lipinski definition) is 4. The van der Waals surface area contributed by atoms with Crippen molar-refractivity contribution in [3.05, 3.63) is 100.0 Å². The average Bonchev–Trinajstić information content (AvgIpc) is 3.09. The van der Waals surface area contributed by atoms with Gasteiger partial charge in [-0.2, -0.15) is 0 Å². The monoisotopic (exact) mass is 459 g/mol. The summed E-state index contributed by atoms with van der Waals surface area (Å²) < 4.78 is 9.00. The summed E-state index contributed by atoms with van der Waals surface area (Å²) in [6.45, 7) is 3.15. The van der Waals surface area contributed by atoms with E-state index in [2.05, 4.69) is 36.5 Å². The van der Waals surface area contributed by atoms with E-state index >= 15 is 0 Å². The molecule has 3 aromatic carbocycles. The summed E-state index contributed by atoms with van der Waals surface area (Å²) in [5, 5.41) is 14.2. The predicted molar refractivity (Wildman–Crippen MR) is 136 cm³/mol. The summed E-state index contributed by atoms with van der Waals surface area (Å²) in [7, 11) is 3.48. The summed E-state index contributed by atoms with van der Waals surface area (Å²) in [5.74, 6) is 0.716.